The van der Waals surface area contributed by atoms with Crippen molar-refractivity contribution in [1.29, 1.82) is 0 Å². The molecule has 196 valence electrons. The number of piperidine rings is 1. The van der Waals surface area contributed by atoms with Crippen LogP contribution in [0.5, 0.6) is 0 Å². The highest BCUT2D eigenvalue weighted by molar-refractivity contribution is 5.92. The second kappa shape index (κ2) is 9.99. The number of nitrogens with one attached hydrogen (secondary N) is 2. The second-order valence-electron chi connectivity index (χ2n) is 11.2. The van der Waals surface area contributed by atoms with Crippen LogP contribution in [-0.4, -0.2) is 50.9 Å². The molecule has 0 bridgehead atoms. The third-order valence-electron chi connectivity index (χ3n) is 6.50. The highest BCUT2D eigenvalue weighted by atomic mass is 16.6. The zero-order valence-corrected chi connectivity index (χ0v) is 21.8. The fourth-order valence-electron chi connectivity index (χ4n) is 4.64. The van der Waals surface area contributed by atoms with Crippen molar-refractivity contribution < 1.29 is 14.3 Å². The number of aromatic nitrogens is 2. The van der Waals surface area contributed by atoms with Crippen LogP contribution in [0, 0.1) is 5.92 Å². The van der Waals surface area contributed by atoms with Crippen LogP contribution in [0.15, 0.2) is 27.8 Å². The van der Waals surface area contributed by atoms with Crippen molar-refractivity contribution in [2.45, 2.75) is 84.5 Å². The molecular formula is C26H37N5O5. The average molecular weight is 500 g/mol. The van der Waals surface area contributed by atoms with Gasteiger partial charge >= 0.3 is 17.8 Å². The molecule has 1 aromatic heterocycles. The first-order valence-electron chi connectivity index (χ1n) is 12.8. The highest BCUT2D eigenvalue weighted by Gasteiger charge is 2.28. The molecule has 1 saturated heterocycles. The second-order valence-corrected chi connectivity index (χ2v) is 11.2. The van der Waals surface area contributed by atoms with Gasteiger partial charge in [0, 0.05) is 37.4 Å². The summed E-state index contributed by atoms with van der Waals surface area (Å²) in [5.74, 6) is 0.373. The van der Waals surface area contributed by atoms with E-state index >= 15 is 0 Å². The Morgan fingerprint density at radius 1 is 1.14 bits per heavy atom. The third kappa shape index (κ3) is 5.91. The van der Waals surface area contributed by atoms with E-state index in [2.05, 4.69) is 10.6 Å². The Morgan fingerprint density at radius 2 is 1.86 bits per heavy atom. The molecule has 1 aliphatic carbocycles. The molecule has 1 aliphatic heterocycles. The molecule has 0 radical (unpaired) electrons. The van der Waals surface area contributed by atoms with Crippen molar-refractivity contribution in [2.24, 2.45) is 5.92 Å². The molecule has 10 nitrogen and oxygen atoms in total. The summed E-state index contributed by atoms with van der Waals surface area (Å²) in [6, 6.07) is 4.46. The molecule has 2 heterocycles. The molecule has 2 fully saturated rings. The predicted octanol–water partition coefficient (Wildman–Crippen LogP) is 3.68. The molecule has 2 aliphatic rings. The lowest BCUT2D eigenvalue weighted by Crippen LogP contribution is -2.51. The summed E-state index contributed by atoms with van der Waals surface area (Å²) < 4.78 is 8.31. The van der Waals surface area contributed by atoms with E-state index in [9.17, 15) is 19.2 Å². The summed E-state index contributed by atoms with van der Waals surface area (Å²) in [6.07, 6.45) is 3.07. The number of likely N-dealkylation sites (tertiary alicyclic amines) is 1. The molecule has 2 N–H and O–H groups in total. The molecule has 1 aromatic carbocycles. The van der Waals surface area contributed by atoms with Crippen LogP contribution in [0.1, 0.15) is 66.3 Å². The molecule has 10 heteroatoms. The molecule has 4 rings (SSSR count). The molecule has 0 spiro atoms. The van der Waals surface area contributed by atoms with Gasteiger partial charge in [0.05, 0.1) is 10.9 Å². The van der Waals surface area contributed by atoms with Crippen molar-refractivity contribution in [3.8, 4) is 0 Å². The van der Waals surface area contributed by atoms with Gasteiger partial charge in [0.25, 0.3) is 5.56 Å². The molecule has 3 amide bonds. The van der Waals surface area contributed by atoms with Gasteiger partial charge in [0.1, 0.15) is 5.60 Å². The van der Waals surface area contributed by atoms with Gasteiger partial charge in [-0.2, -0.15) is 0 Å². The Morgan fingerprint density at radius 3 is 2.50 bits per heavy atom. The topological polar surface area (TPSA) is 115 Å². The van der Waals surface area contributed by atoms with Gasteiger partial charge in [0.15, 0.2) is 0 Å². The van der Waals surface area contributed by atoms with E-state index in [1.165, 1.54) is 4.57 Å². The standard InChI is InChI=1S/C26H37N5O5/c1-16(2)31-21-11-10-18(13-20(21)22(32)30(25(31)35)14-17-8-9-17)27-23(33)29-12-6-7-19(15-29)28-24(34)36-26(3,4)5/h10-11,13,16-17,19H,6-9,12,14-15H2,1-5H3,(H,27,33)(H,28,34)/t19-/m1/s1. The van der Waals surface area contributed by atoms with Gasteiger partial charge < -0.3 is 20.3 Å². The largest absolute Gasteiger partial charge is 0.444 e. The number of fused-ring (bicyclic) bond motifs is 1. The average Bonchev–Trinajstić information content (AvgIpc) is 3.60. The van der Waals surface area contributed by atoms with Crippen LogP contribution in [0.3, 0.4) is 0 Å². The van der Waals surface area contributed by atoms with Crippen LogP contribution in [0.4, 0.5) is 15.3 Å². The monoisotopic (exact) mass is 499 g/mol. The summed E-state index contributed by atoms with van der Waals surface area (Å²) in [5.41, 5.74) is -0.162. The summed E-state index contributed by atoms with van der Waals surface area (Å²) in [6.45, 7) is 10.6. The minimum absolute atomic E-state index is 0.116. The zero-order valence-electron chi connectivity index (χ0n) is 21.8. The lowest BCUT2D eigenvalue weighted by atomic mass is 10.1. The van der Waals surface area contributed by atoms with Gasteiger partial charge in [-0.25, -0.2) is 14.4 Å². The number of nitrogens with zero attached hydrogens (tertiary/aromatic N) is 3. The van der Waals surface area contributed by atoms with Crippen molar-refractivity contribution in [2.75, 3.05) is 18.4 Å². The van der Waals surface area contributed by atoms with Crippen molar-refractivity contribution in [1.82, 2.24) is 19.4 Å². The van der Waals surface area contributed by atoms with Crippen LogP contribution >= 0.6 is 0 Å². The van der Waals surface area contributed by atoms with Crippen molar-refractivity contribution in [3.05, 3.63) is 39.0 Å². The number of urea groups is 1. The van der Waals surface area contributed by atoms with Crippen LogP contribution in [-0.2, 0) is 11.3 Å². The first-order valence-corrected chi connectivity index (χ1v) is 12.8. The minimum Gasteiger partial charge on any atom is -0.444 e. The number of hydrogen-bond acceptors (Lipinski definition) is 5. The maximum absolute atomic E-state index is 13.2. The number of benzene rings is 1. The van der Waals surface area contributed by atoms with Gasteiger partial charge in [-0.15, -0.1) is 0 Å². The van der Waals surface area contributed by atoms with Gasteiger partial charge in [-0.1, -0.05) is 0 Å². The van der Waals surface area contributed by atoms with Gasteiger partial charge in [0.2, 0.25) is 0 Å². The summed E-state index contributed by atoms with van der Waals surface area (Å²) >= 11 is 0. The fourth-order valence-corrected chi connectivity index (χ4v) is 4.64. The third-order valence-corrected chi connectivity index (χ3v) is 6.50. The minimum atomic E-state index is -0.594. The Kier molecular flexibility index (Phi) is 7.15. The van der Waals surface area contributed by atoms with E-state index < -0.39 is 11.7 Å². The molecular weight excluding hydrogens is 462 g/mol. The lowest BCUT2D eigenvalue weighted by molar-refractivity contribution is 0.0480. The van der Waals surface area contributed by atoms with Crippen molar-refractivity contribution in [3.63, 3.8) is 0 Å². The summed E-state index contributed by atoms with van der Waals surface area (Å²) in [7, 11) is 0. The van der Waals surface area contributed by atoms with E-state index in [-0.39, 0.29) is 29.4 Å². The van der Waals surface area contributed by atoms with Crippen LogP contribution < -0.4 is 21.9 Å². The van der Waals surface area contributed by atoms with E-state index in [1.807, 2.05) is 13.8 Å². The summed E-state index contributed by atoms with van der Waals surface area (Å²) in [5, 5.41) is 6.14. The smallest absolute Gasteiger partial charge is 0.407 e. The van der Waals surface area contributed by atoms with Crippen LogP contribution in [0.25, 0.3) is 10.9 Å². The Labute approximate surface area is 210 Å². The van der Waals surface area contributed by atoms with E-state index in [4.69, 9.17) is 4.74 Å². The number of anilines is 1. The molecule has 2 aromatic rings. The number of amides is 3. The predicted molar refractivity (Wildman–Crippen MR) is 139 cm³/mol. The number of rotatable bonds is 5. The first-order chi connectivity index (χ1) is 16.9. The normalized spacial score (nSPS) is 18.4. The molecule has 36 heavy (non-hydrogen) atoms. The maximum atomic E-state index is 13.2. The lowest BCUT2D eigenvalue weighted by Gasteiger charge is -2.33. The number of ether oxygens (including phenoxy) is 1. The molecule has 0 unspecified atom stereocenters. The van der Waals surface area contributed by atoms with E-state index in [0.29, 0.717) is 42.1 Å². The van der Waals surface area contributed by atoms with Gasteiger partial charge in [-0.05, 0) is 84.4 Å². The Hall–Kier alpha value is -3.30. The summed E-state index contributed by atoms with van der Waals surface area (Å²) in [4.78, 5) is 53.1. The van der Waals surface area contributed by atoms with Crippen LogP contribution in [0.2, 0.25) is 0 Å². The zero-order chi connectivity index (χ0) is 26.2. The van der Waals surface area contributed by atoms with E-state index in [0.717, 1.165) is 25.7 Å². The van der Waals surface area contributed by atoms with E-state index in [1.54, 1.807) is 48.4 Å². The van der Waals surface area contributed by atoms with Crippen molar-refractivity contribution >= 4 is 28.7 Å². The maximum Gasteiger partial charge on any atom is 0.407 e. The van der Waals surface area contributed by atoms with Gasteiger partial charge in [-0.3, -0.25) is 13.9 Å². The first kappa shape index (κ1) is 25.8. The Balaban J connectivity index is 1.52. The number of alkyl carbamates (subject to hydrolysis) is 1. The number of hydrogen-bond donors (Lipinski definition) is 2. The molecule has 1 saturated carbocycles. The molecule has 1 atom stereocenters. The number of carbonyl (C=O) groups excluding carboxylic acids is 2. The SMILES string of the molecule is CC(C)n1c(=O)n(CC2CC2)c(=O)c2cc(NC(=O)N3CCC[C@@H](NC(=O)OC(C)(C)C)C3)ccc21. The quantitative estimate of drug-likeness (QED) is 0.651. The fraction of sp³-hybridized carbons (Fsp3) is 0.615. The highest BCUT2D eigenvalue weighted by Crippen LogP contribution is 2.30. The number of carbonyl (C=O) groups is 2. The Bertz CT molecular complexity index is 1270.